The maximum Gasteiger partial charge on any atom is 0.338 e. The molecule has 0 saturated carbocycles. The minimum absolute atomic E-state index is 0.198. The monoisotopic (exact) mass is 532 g/mol. The topological polar surface area (TPSA) is 99.8 Å². The lowest BCUT2D eigenvalue weighted by atomic mass is 9.91. The van der Waals surface area contributed by atoms with Crippen LogP contribution in [0.15, 0.2) is 84.4 Å². The summed E-state index contributed by atoms with van der Waals surface area (Å²) in [7, 11) is 0. The Hall–Kier alpha value is -4.30. The standard InChI is InChI=1S/C29H29ClN4O4/c1-3-17-34-26(20-9-6-5-7-10-20)24(27(35)38-4-2)25(33-29(34)37)19-13-15-22(16-14-19)31-28(36)32-23-12-8-11-21(30)18-23/h5-16,18,25H,3-4,17H2,1-2H3,(H,33,37)(H2,31,32,36). The highest BCUT2D eigenvalue weighted by Gasteiger charge is 2.38. The maximum atomic E-state index is 13.3. The molecule has 0 aromatic heterocycles. The highest BCUT2D eigenvalue weighted by atomic mass is 35.5. The third-order valence-electron chi connectivity index (χ3n) is 5.90. The van der Waals surface area contributed by atoms with Crippen molar-refractivity contribution in [2.24, 2.45) is 0 Å². The number of esters is 1. The lowest BCUT2D eigenvalue weighted by Gasteiger charge is -2.36. The molecule has 4 rings (SSSR count). The molecule has 1 atom stereocenters. The molecule has 9 heteroatoms. The van der Waals surface area contributed by atoms with E-state index in [0.29, 0.717) is 46.2 Å². The number of amides is 4. The molecule has 0 saturated heterocycles. The normalized spacial score (nSPS) is 15.1. The van der Waals surface area contributed by atoms with Crippen LogP contribution in [0.2, 0.25) is 5.02 Å². The smallest absolute Gasteiger partial charge is 0.338 e. The lowest BCUT2D eigenvalue weighted by Crippen LogP contribution is -2.48. The zero-order valence-corrected chi connectivity index (χ0v) is 21.9. The predicted octanol–water partition coefficient (Wildman–Crippen LogP) is 6.43. The fourth-order valence-electron chi connectivity index (χ4n) is 4.29. The van der Waals surface area contributed by atoms with Crippen molar-refractivity contribution < 1.29 is 19.1 Å². The minimum Gasteiger partial charge on any atom is -0.463 e. The zero-order chi connectivity index (χ0) is 27.1. The molecule has 3 aromatic carbocycles. The van der Waals surface area contributed by atoms with E-state index in [1.54, 1.807) is 60.4 Å². The fourth-order valence-corrected chi connectivity index (χ4v) is 4.48. The Morgan fingerprint density at radius 3 is 2.32 bits per heavy atom. The number of hydrogen-bond acceptors (Lipinski definition) is 4. The number of hydrogen-bond donors (Lipinski definition) is 3. The van der Waals surface area contributed by atoms with Crippen LogP contribution in [0.5, 0.6) is 0 Å². The molecule has 1 aliphatic heterocycles. The fraction of sp³-hybridized carbons (Fsp3) is 0.207. The number of ether oxygens (including phenoxy) is 1. The van der Waals surface area contributed by atoms with E-state index >= 15 is 0 Å². The van der Waals surface area contributed by atoms with E-state index in [2.05, 4.69) is 16.0 Å². The molecule has 1 aliphatic rings. The molecule has 3 N–H and O–H groups in total. The number of rotatable bonds is 8. The van der Waals surface area contributed by atoms with Gasteiger partial charge in [-0.2, -0.15) is 0 Å². The van der Waals surface area contributed by atoms with Crippen molar-refractivity contribution in [3.8, 4) is 0 Å². The molecule has 1 heterocycles. The molecule has 196 valence electrons. The quantitative estimate of drug-likeness (QED) is 0.291. The number of carbonyl (C=O) groups is 3. The van der Waals surface area contributed by atoms with Crippen LogP contribution in [0.25, 0.3) is 5.70 Å². The molecular weight excluding hydrogens is 504 g/mol. The van der Waals surface area contributed by atoms with Crippen molar-refractivity contribution in [3.63, 3.8) is 0 Å². The second-order valence-electron chi connectivity index (χ2n) is 8.59. The zero-order valence-electron chi connectivity index (χ0n) is 21.2. The first-order valence-corrected chi connectivity index (χ1v) is 12.8. The van der Waals surface area contributed by atoms with Gasteiger partial charge < -0.3 is 20.7 Å². The third-order valence-corrected chi connectivity index (χ3v) is 6.14. The van der Waals surface area contributed by atoms with E-state index in [-0.39, 0.29) is 12.6 Å². The molecule has 8 nitrogen and oxygen atoms in total. The van der Waals surface area contributed by atoms with Crippen molar-refractivity contribution in [2.75, 3.05) is 23.8 Å². The Labute approximate surface area is 226 Å². The summed E-state index contributed by atoms with van der Waals surface area (Å²) in [6, 6.07) is 21.7. The van der Waals surface area contributed by atoms with Crippen molar-refractivity contribution in [1.29, 1.82) is 0 Å². The van der Waals surface area contributed by atoms with Gasteiger partial charge in [-0.3, -0.25) is 4.90 Å². The second-order valence-corrected chi connectivity index (χ2v) is 9.03. The molecule has 3 aromatic rings. The van der Waals surface area contributed by atoms with Gasteiger partial charge in [-0.05, 0) is 54.8 Å². The van der Waals surface area contributed by atoms with E-state index in [9.17, 15) is 14.4 Å². The van der Waals surface area contributed by atoms with Gasteiger partial charge in [-0.25, -0.2) is 14.4 Å². The summed E-state index contributed by atoms with van der Waals surface area (Å²) < 4.78 is 5.44. The lowest BCUT2D eigenvalue weighted by molar-refractivity contribution is -0.138. The molecule has 0 aliphatic carbocycles. The molecule has 0 radical (unpaired) electrons. The number of benzene rings is 3. The van der Waals surface area contributed by atoms with Gasteiger partial charge in [-0.15, -0.1) is 0 Å². The Morgan fingerprint density at radius 2 is 1.66 bits per heavy atom. The molecular formula is C29H29ClN4O4. The summed E-state index contributed by atoms with van der Waals surface area (Å²) in [6.45, 7) is 4.36. The van der Waals surface area contributed by atoms with Crippen LogP contribution >= 0.6 is 11.6 Å². The van der Waals surface area contributed by atoms with Gasteiger partial charge >= 0.3 is 18.0 Å². The average Bonchev–Trinajstić information content (AvgIpc) is 2.90. The van der Waals surface area contributed by atoms with Gasteiger partial charge in [0.15, 0.2) is 0 Å². The number of urea groups is 2. The molecule has 4 amide bonds. The van der Waals surface area contributed by atoms with E-state index in [4.69, 9.17) is 16.3 Å². The first-order chi connectivity index (χ1) is 18.4. The highest BCUT2D eigenvalue weighted by Crippen LogP contribution is 2.37. The predicted molar refractivity (Wildman–Crippen MR) is 149 cm³/mol. The van der Waals surface area contributed by atoms with E-state index < -0.39 is 18.0 Å². The van der Waals surface area contributed by atoms with Gasteiger partial charge in [0.05, 0.1) is 23.9 Å². The summed E-state index contributed by atoms with van der Waals surface area (Å²) in [4.78, 5) is 40.6. The van der Waals surface area contributed by atoms with Gasteiger partial charge in [-0.1, -0.05) is 67.1 Å². The van der Waals surface area contributed by atoms with E-state index in [0.717, 1.165) is 5.56 Å². The number of nitrogens with zero attached hydrogens (tertiary/aromatic N) is 1. The van der Waals surface area contributed by atoms with Crippen LogP contribution in [0.1, 0.15) is 37.4 Å². The van der Waals surface area contributed by atoms with Gasteiger partial charge in [0.1, 0.15) is 0 Å². The van der Waals surface area contributed by atoms with Crippen LogP contribution in [-0.2, 0) is 9.53 Å². The Bertz CT molecular complexity index is 1340. The van der Waals surface area contributed by atoms with E-state index in [1.165, 1.54) is 0 Å². The number of anilines is 2. The Morgan fingerprint density at radius 1 is 0.947 bits per heavy atom. The summed E-state index contributed by atoms with van der Waals surface area (Å²) in [6.07, 6.45) is 0.710. The molecule has 0 bridgehead atoms. The first kappa shape index (κ1) is 26.8. The van der Waals surface area contributed by atoms with Gasteiger partial charge in [0.25, 0.3) is 0 Å². The maximum absolute atomic E-state index is 13.3. The highest BCUT2D eigenvalue weighted by molar-refractivity contribution is 6.30. The summed E-state index contributed by atoms with van der Waals surface area (Å²) >= 11 is 5.98. The number of nitrogens with one attached hydrogen (secondary N) is 3. The van der Waals surface area contributed by atoms with Crippen molar-refractivity contribution in [2.45, 2.75) is 26.3 Å². The third kappa shape index (κ3) is 6.15. The molecule has 0 spiro atoms. The van der Waals surface area contributed by atoms with Crippen LogP contribution < -0.4 is 16.0 Å². The van der Waals surface area contributed by atoms with E-state index in [1.807, 2.05) is 37.3 Å². The Kier molecular flexibility index (Phi) is 8.66. The van der Waals surface area contributed by atoms with Gasteiger partial charge in [0, 0.05) is 22.9 Å². The van der Waals surface area contributed by atoms with Crippen LogP contribution in [0.4, 0.5) is 21.0 Å². The summed E-state index contributed by atoms with van der Waals surface area (Å²) in [5, 5.41) is 8.98. The van der Waals surface area contributed by atoms with Crippen LogP contribution in [0, 0.1) is 0 Å². The summed E-state index contributed by atoms with van der Waals surface area (Å²) in [5.41, 5.74) is 3.40. The number of carbonyl (C=O) groups excluding carboxylic acids is 3. The molecule has 0 fully saturated rings. The number of halogens is 1. The largest absolute Gasteiger partial charge is 0.463 e. The Balaban J connectivity index is 1.66. The molecule has 1 unspecified atom stereocenters. The SMILES string of the molecule is CCCN1C(=O)NC(c2ccc(NC(=O)Nc3cccc(Cl)c3)cc2)C(C(=O)OCC)=C1c1ccccc1. The second kappa shape index (κ2) is 12.3. The summed E-state index contributed by atoms with van der Waals surface area (Å²) in [5.74, 6) is -0.499. The van der Waals surface area contributed by atoms with Gasteiger partial charge in [0.2, 0.25) is 0 Å². The van der Waals surface area contributed by atoms with Crippen molar-refractivity contribution in [1.82, 2.24) is 10.2 Å². The van der Waals surface area contributed by atoms with Crippen molar-refractivity contribution in [3.05, 3.63) is 101 Å². The molecule has 38 heavy (non-hydrogen) atoms. The van der Waals surface area contributed by atoms with Crippen molar-refractivity contribution >= 4 is 46.7 Å². The van der Waals surface area contributed by atoms with Crippen LogP contribution in [-0.4, -0.2) is 36.1 Å². The van der Waals surface area contributed by atoms with Crippen LogP contribution in [0.3, 0.4) is 0 Å². The minimum atomic E-state index is -0.737. The average molecular weight is 533 g/mol. The first-order valence-electron chi connectivity index (χ1n) is 12.4.